The van der Waals surface area contributed by atoms with Crippen LogP contribution < -0.4 is 22.1 Å². The van der Waals surface area contributed by atoms with Gasteiger partial charge in [-0.25, -0.2) is 0 Å². The monoisotopic (exact) mass is 378 g/mol. The number of primary amides is 1. The molecule has 0 aliphatic heterocycles. The van der Waals surface area contributed by atoms with Gasteiger partial charge in [0.1, 0.15) is 12.1 Å². The number of hydrogen-bond acceptors (Lipinski definition) is 5. The van der Waals surface area contributed by atoms with Gasteiger partial charge in [-0.05, 0) is 12.0 Å². The Bertz CT molecular complexity index is 665. The standard InChI is InChI=1S/C18H26N4O5/c1-2-3-9-12(19)17(26)21-13(10-14(23)24)18(27)22-15(16(20)25)11-7-5-4-6-8-11/h4-8,12-13,15H,2-3,9-10,19H2,1H3,(H2,20,25)(H,21,26)(H,22,27)(H,23,24)/t12-,13-,15+/m0/s1. The summed E-state index contributed by atoms with van der Waals surface area (Å²) in [7, 11) is 0. The number of amides is 3. The largest absolute Gasteiger partial charge is 0.481 e. The molecule has 0 heterocycles. The van der Waals surface area contributed by atoms with E-state index in [2.05, 4.69) is 10.6 Å². The third-order valence-corrected chi connectivity index (χ3v) is 3.92. The van der Waals surface area contributed by atoms with Crippen molar-refractivity contribution in [2.24, 2.45) is 11.5 Å². The van der Waals surface area contributed by atoms with E-state index in [0.717, 1.165) is 12.8 Å². The minimum atomic E-state index is -1.38. The molecule has 0 aliphatic rings. The summed E-state index contributed by atoms with van der Waals surface area (Å²) >= 11 is 0. The van der Waals surface area contributed by atoms with Crippen LogP contribution in [0.4, 0.5) is 0 Å². The summed E-state index contributed by atoms with van der Waals surface area (Å²) in [4.78, 5) is 47.4. The zero-order chi connectivity index (χ0) is 20.4. The van der Waals surface area contributed by atoms with Crippen LogP contribution in [0, 0.1) is 0 Å². The van der Waals surface area contributed by atoms with Crippen LogP contribution in [0.2, 0.25) is 0 Å². The van der Waals surface area contributed by atoms with Crippen LogP contribution in [0.25, 0.3) is 0 Å². The molecule has 0 spiro atoms. The first-order chi connectivity index (χ1) is 12.8. The summed E-state index contributed by atoms with van der Waals surface area (Å²) in [6.07, 6.45) is 1.33. The summed E-state index contributed by atoms with van der Waals surface area (Å²) < 4.78 is 0. The molecule has 9 nitrogen and oxygen atoms in total. The molecule has 27 heavy (non-hydrogen) atoms. The van der Waals surface area contributed by atoms with Gasteiger partial charge in [0.05, 0.1) is 12.5 Å². The summed E-state index contributed by atoms with van der Waals surface area (Å²) in [6.45, 7) is 1.94. The van der Waals surface area contributed by atoms with Crippen molar-refractivity contribution in [3.63, 3.8) is 0 Å². The number of nitrogens with two attached hydrogens (primary N) is 2. The van der Waals surface area contributed by atoms with Crippen molar-refractivity contribution in [2.45, 2.75) is 50.7 Å². The minimum Gasteiger partial charge on any atom is -0.481 e. The van der Waals surface area contributed by atoms with Gasteiger partial charge in [0.25, 0.3) is 0 Å². The highest BCUT2D eigenvalue weighted by Gasteiger charge is 2.29. The molecule has 1 rings (SSSR count). The molecule has 3 amide bonds. The molecule has 7 N–H and O–H groups in total. The van der Waals surface area contributed by atoms with Crippen molar-refractivity contribution in [3.8, 4) is 0 Å². The lowest BCUT2D eigenvalue weighted by Gasteiger charge is -2.22. The van der Waals surface area contributed by atoms with Crippen LogP contribution in [0.1, 0.15) is 44.2 Å². The van der Waals surface area contributed by atoms with Crippen LogP contribution in [0.3, 0.4) is 0 Å². The number of aliphatic carboxylic acids is 1. The third-order valence-electron chi connectivity index (χ3n) is 3.92. The number of nitrogens with one attached hydrogen (secondary N) is 2. The average molecular weight is 378 g/mol. The second kappa shape index (κ2) is 10.9. The molecule has 3 atom stereocenters. The Balaban J connectivity index is 2.88. The Morgan fingerprint density at radius 2 is 1.70 bits per heavy atom. The maximum atomic E-state index is 12.5. The Morgan fingerprint density at radius 3 is 2.22 bits per heavy atom. The van der Waals surface area contributed by atoms with Crippen LogP contribution in [0.15, 0.2) is 30.3 Å². The van der Waals surface area contributed by atoms with Crippen molar-refractivity contribution >= 4 is 23.7 Å². The molecule has 148 valence electrons. The molecule has 0 aliphatic carbocycles. The minimum absolute atomic E-state index is 0.414. The zero-order valence-electron chi connectivity index (χ0n) is 15.2. The highest BCUT2D eigenvalue weighted by atomic mass is 16.4. The lowest BCUT2D eigenvalue weighted by molar-refractivity contribution is -0.141. The van der Waals surface area contributed by atoms with Crippen molar-refractivity contribution in [2.75, 3.05) is 0 Å². The highest BCUT2D eigenvalue weighted by molar-refractivity contribution is 5.94. The van der Waals surface area contributed by atoms with Crippen molar-refractivity contribution in [1.29, 1.82) is 0 Å². The van der Waals surface area contributed by atoms with Gasteiger partial charge < -0.3 is 27.2 Å². The third kappa shape index (κ3) is 7.45. The van der Waals surface area contributed by atoms with E-state index >= 15 is 0 Å². The van der Waals surface area contributed by atoms with Gasteiger partial charge in [-0.1, -0.05) is 50.1 Å². The molecule has 0 saturated carbocycles. The number of carboxylic acids is 1. The maximum Gasteiger partial charge on any atom is 0.305 e. The normalized spacial score (nSPS) is 13.9. The fraction of sp³-hybridized carbons (Fsp3) is 0.444. The Labute approximate surface area is 157 Å². The maximum absolute atomic E-state index is 12.5. The number of carbonyl (C=O) groups is 4. The Kier molecular flexibility index (Phi) is 8.94. The van der Waals surface area contributed by atoms with E-state index in [0.29, 0.717) is 12.0 Å². The van der Waals surface area contributed by atoms with Crippen LogP contribution in [0.5, 0.6) is 0 Å². The van der Waals surface area contributed by atoms with Gasteiger partial charge in [0, 0.05) is 0 Å². The summed E-state index contributed by atoms with van der Waals surface area (Å²) in [5, 5.41) is 13.8. The Hall–Kier alpha value is -2.94. The quantitative estimate of drug-likeness (QED) is 0.358. The van der Waals surface area contributed by atoms with E-state index in [-0.39, 0.29) is 0 Å². The molecule has 0 fully saturated rings. The molecular weight excluding hydrogens is 352 g/mol. The molecule has 9 heteroatoms. The van der Waals surface area contributed by atoms with Gasteiger partial charge in [0.2, 0.25) is 17.7 Å². The van der Waals surface area contributed by atoms with Crippen LogP contribution in [-0.4, -0.2) is 40.9 Å². The average Bonchev–Trinajstić information content (AvgIpc) is 2.63. The van der Waals surface area contributed by atoms with Gasteiger partial charge in [-0.3, -0.25) is 19.2 Å². The number of unbranched alkanes of at least 4 members (excludes halogenated alkanes) is 1. The fourth-order valence-electron chi connectivity index (χ4n) is 2.42. The number of benzene rings is 1. The van der Waals surface area contributed by atoms with E-state index < -0.39 is 48.2 Å². The van der Waals surface area contributed by atoms with Crippen LogP contribution >= 0.6 is 0 Å². The molecule has 0 aromatic heterocycles. The van der Waals surface area contributed by atoms with Gasteiger partial charge in [-0.2, -0.15) is 0 Å². The first kappa shape index (κ1) is 22.1. The van der Waals surface area contributed by atoms with Crippen molar-refractivity contribution in [3.05, 3.63) is 35.9 Å². The number of carbonyl (C=O) groups excluding carboxylic acids is 3. The summed E-state index contributed by atoms with van der Waals surface area (Å²) in [5.41, 5.74) is 11.5. The first-order valence-corrected chi connectivity index (χ1v) is 8.68. The summed E-state index contributed by atoms with van der Waals surface area (Å²) in [5.74, 6) is -3.55. The smallest absolute Gasteiger partial charge is 0.305 e. The van der Waals surface area contributed by atoms with E-state index in [1.807, 2.05) is 6.92 Å². The van der Waals surface area contributed by atoms with Crippen molar-refractivity contribution < 1.29 is 24.3 Å². The fourth-order valence-corrected chi connectivity index (χ4v) is 2.42. The van der Waals surface area contributed by atoms with E-state index in [1.165, 1.54) is 0 Å². The lowest BCUT2D eigenvalue weighted by atomic mass is 10.0. The topological polar surface area (TPSA) is 165 Å². The van der Waals surface area contributed by atoms with E-state index in [1.54, 1.807) is 30.3 Å². The predicted octanol–water partition coefficient (Wildman–Crippen LogP) is -0.194. The second-order valence-electron chi connectivity index (χ2n) is 6.16. The zero-order valence-corrected chi connectivity index (χ0v) is 15.2. The highest BCUT2D eigenvalue weighted by Crippen LogP contribution is 2.12. The Morgan fingerprint density at radius 1 is 1.07 bits per heavy atom. The molecule has 0 radical (unpaired) electrons. The van der Waals surface area contributed by atoms with Crippen LogP contribution in [-0.2, 0) is 19.2 Å². The number of rotatable bonds is 11. The van der Waals surface area contributed by atoms with Gasteiger partial charge >= 0.3 is 5.97 Å². The molecule has 0 saturated heterocycles. The second-order valence-corrected chi connectivity index (χ2v) is 6.16. The van der Waals surface area contributed by atoms with E-state index in [4.69, 9.17) is 16.6 Å². The molecule has 1 aromatic rings. The predicted molar refractivity (Wildman–Crippen MR) is 98.2 cm³/mol. The van der Waals surface area contributed by atoms with Crippen molar-refractivity contribution in [1.82, 2.24) is 10.6 Å². The van der Waals surface area contributed by atoms with Gasteiger partial charge in [0.15, 0.2) is 0 Å². The van der Waals surface area contributed by atoms with Gasteiger partial charge in [-0.15, -0.1) is 0 Å². The SMILES string of the molecule is CCCC[C@H](N)C(=O)N[C@@H](CC(=O)O)C(=O)N[C@@H](C(N)=O)c1ccccc1. The van der Waals surface area contributed by atoms with E-state index in [9.17, 15) is 19.2 Å². The number of carboxylic acid groups (broad SMARTS) is 1. The molecule has 0 bridgehead atoms. The molecular formula is C18H26N4O5. The molecule has 0 unspecified atom stereocenters. The lowest BCUT2D eigenvalue weighted by Crippen LogP contribution is -2.53. The first-order valence-electron chi connectivity index (χ1n) is 8.68. The molecule has 1 aromatic carbocycles. The summed E-state index contributed by atoms with van der Waals surface area (Å²) in [6, 6.07) is 4.88. The number of hydrogen-bond donors (Lipinski definition) is 5.